The van der Waals surface area contributed by atoms with Crippen LogP contribution in [0.2, 0.25) is 0 Å². The first kappa shape index (κ1) is 14.6. The fraction of sp³-hybridized carbons (Fsp3) is 0.412. The maximum absolute atomic E-state index is 12.0. The van der Waals surface area contributed by atoms with Gasteiger partial charge < -0.3 is 15.2 Å². The van der Waals surface area contributed by atoms with Crippen molar-refractivity contribution in [2.24, 2.45) is 17.3 Å². The Bertz CT molecular complexity index is 612. The molecule has 5 heteroatoms. The van der Waals surface area contributed by atoms with Crippen molar-refractivity contribution in [3.05, 3.63) is 48.0 Å². The average molecular weight is 301 g/mol. The van der Waals surface area contributed by atoms with Crippen molar-refractivity contribution in [3.63, 3.8) is 0 Å². The van der Waals surface area contributed by atoms with Crippen LogP contribution in [0.3, 0.4) is 0 Å². The van der Waals surface area contributed by atoms with E-state index in [0.29, 0.717) is 0 Å². The van der Waals surface area contributed by atoms with Crippen LogP contribution >= 0.6 is 0 Å². The van der Waals surface area contributed by atoms with Gasteiger partial charge in [0.05, 0.1) is 12.0 Å². The van der Waals surface area contributed by atoms with Crippen LogP contribution in [0.25, 0.3) is 0 Å². The molecule has 3 rings (SSSR count). The summed E-state index contributed by atoms with van der Waals surface area (Å²) < 4.78 is 5.19. The zero-order valence-corrected chi connectivity index (χ0v) is 12.4. The summed E-state index contributed by atoms with van der Waals surface area (Å²) in [5.41, 5.74) is 0.515. The number of carbonyl (C=O) groups excluding carboxylic acids is 1. The van der Waals surface area contributed by atoms with Crippen LogP contribution < -0.4 is 5.32 Å². The number of allylic oxidation sites excluding steroid dienone is 1. The maximum Gasteiger partial charge on any atom is 0.407 e. The van der Waals surface area contributed by atoms with E-state index < -0.39 is 24.0 Å². The lowest BCUT2D eigenvalue weighted by Gasteiger charge is -2.30. The van der Waals surface area contributed by atoms with Crippen molar-refractivity contribution in [1.29, 1.82) is 0 Å². The largest absolute Gasteiger partial charge is 0.481 e. The van der Waals surface area contributed by atoms with Crippen LogP contribution in [0.1, 0.15) is 18.9 Å². The predicted molar refractivity (Wildman–Crippen MR) is 80.0 cm³/mol. The number of alkyl carbamates (subject to hydrolysis) is 1. The van der Waals surface area contributed by atoms with Gasteiger partial charge in [0.1, 0.15) is 6.61 Å². The van der Waals surface area contributed by atoms with E-state index in [0.717, 1.165) is 12.0 Å². The molecule has 0 aromatic heterocycles. The molecule has 0 aliphatic heterocycles. The monoisotopic (exact) mass is 301 g/mol. The van der Waals surface area contributed by atoms with Gasteiger partial charge in [0.25, 0.3) is 0 Å². The Morgan fingerprint density at radius 2 is 2.09 bits per heavy atom. The fourth-order valence-corrected chi connectivity index (χ4v) is 3.65. The summed E-state index contributed by atoms with van der Waals surface area (Å²) in [5, 5.41) is 12.2. The lowest BCUT2D eigenvalue weighted by Crippen LogP contribution is -2.47. The number of nitrogens with one attached hydrogen (secondary N) is 1. The second-order valence-corrected chi connectivity index (χ2v) is 6.28. The molecule has 4 atom stereocenters. The number of benzene rings is 1. The molecule has 22 heavy (non-hydrogen) atoms. The lowest BCUT2D eigenvalue weighted by atomic mass is 9.78. The highest BCUT2D eigenvalue weighted by Crippen LogP contribution is 2.53. The first-order chi connectivity index (χ1) is 10.5. The summed E-state index contributed by atoms with van der Waals surface area (Å²) in [4.78, 5) is 23.5. The Hall–Kier alpha value is -2.30. The smallest absolute Gasteiger partial charge is 0.407 e. The van der Waals surface area contributed by atoms with Gasteiger partial charge in [0, 0.05) is 5.41 Å². The number of fused-ring (bicyclic) bond motifs is 2. The summed E-state index contributed by atoms with van der Waals surface area (Å²) in [6, 6.07) is 8.97. The van der Waals surface area contributed by atoms with E-state index in [1.807, 2.05) is 49.4 Å². The van der Waals surface area contributed by atoms with Gasteiger partial charge >= 0.3 is 12.1 Å². The standard InChI is InChI=1S/C17H19NO4/c1-17-8-7-12(9-17)14(13(17)15(19)20)18-16(21)22-10-11-5-3-2-4-6-11/h2-8,12-14H,9-10H2,1H3,(H,18,21)(H,19,20)/t12-,13-,14+,17+/m0/s1. The molecule has 2 bridgehead atoms. The lowest BCUT2D eigenvalue weighted by molar-refractivity contribution is -0.145. The van der Waals surface area contributed by atoms with E-state index in [1.165, 1.54) is 0 Å². The Balaban J connectivity index is 1.62. The van der Waals surface area contributed by atoms with Crippen molar-refractivity contribution in [2.75, 3.05) is 0 Å². The molecule has 2 N–H and O–H groups in total. The van der Waals surface area contributed by atoms with E-state index >= 15 is 0 Å². The van der Waals surface area contributed by atoms with Gasteiger partial charge in [-0.2, -0.15) is 0 Å². The summed E-state index contributed by atoms with van der Waals surface area (Å²) in [5.74, 6) is -1.41. The van der Waals surface area contributed by atoms with Gasteiger partial charge in [-0.25, -0.2) is 4.79 Å². The van der Waals surface area contributed by atoms with Gasteiger partial charge in [0.15, 0.2) is 0 Å². The normalized spacial score (nSPS) is 32.0. The van der Waals surface area contributed by atoms with Crippen LogP contribution in [-0.4, -0.2) is 23.2 Å². The second kappa shape index (κ2) is 5.48. The molecule has 1 fully saturated rings. The van der Waals surface area contributed by atoms with Crippen LogP contribution in [0.5, 0.6) is 0 Å². The first-order valence-corrected chi connectivity index (χ1v) is 7.39. The molecule has 0 saturated heterocycles. The Labute approximate surface area is 129 Å². The molecule has 1 saturated carbocycles. The number of ether oxygens (including phenoxy) is 1. The number of carbonyl (C=O) groups is 2. The second-order valence-electron chi connectivity index (χ2n) is 6.28. The van der Waals surface area contributed by atoms with Crippen LogP contribution in [-0.2, 0) is 16.1 Å². The number of carboxylic acid groups (broad SMARTS) is 1. The van der Waals surface area contributed by atoms with Crippen molar-refractivity contribution in [2.45, 2.75) is 26.0 Å². The van der Waals surface area contributed by atoms with E-state index in [9.17, 15) is 14.7 Å². The molecule has 1 aromatic carbocycles. The number of aliphatic carboxylic acids is 1. The van der Waals surface area contributed by atoms with Gasteiger partial charge in [-0.05, 0) is 17.9 Å². The SMILES string of the molecule is C[C@@]12C=C[C@@H](C1)[C@@H](NC(=O)OCc1ccccc1)[C@H]2C(=O)O. The molecule has 0 unspecified atom stereocenters. The van der Waals surface area contributed by atoms with Gasteiger partial charge in [0.2, 0.25) is 0 Å². The van der Waals surface area contributed by atoms with Gasteiger partial charge in [-0.15, -0.1) is 0 Å². The quantitative estimate of drug-likeness (QED) is 0.838. The zero-order valence-electron chi connectivity index (χ0n) is 12.4. The van der Waals surface area contributed by atoms with E-state index in [-0.39, 0.29) is 17.9 Å². The number of carboxylic acids is 1. The summed E-state index contributed by atoms with van der Waals surface area (Å²) >= 11 is 0. The average Bonchev–Trinajstić information content (AvgIpc) is 2.99. The maximum atomic E-state index is 12.0. The third-order valence-corrected chi connectivity index (χ3v) is 4.69. The van der Waals surface area contributed by atoms with E-state index in [4.69, 9.17) is 4.74 Å². The third-order valence-electron chi connectivity index (χ3n) is 4.69. The Morgan fingerprint density at radius 3 is 2.77 bits per heavy atom. The topological polar surface area (TPSA) is 75.6 Å². The molecule has 2 aliphatic carbocycles. The zero-order chi connectivity index (χ0) is 15.7. The number of hydrogen-bond donors (Lipinski definition) is 2. The van der Waals surface area contributed by atoms with Crippen LogP contribution in [0, 0.1) is 17.3 Å². The Morgan fingerprint density at radius 1 is 1.36 bits per heavy atom. The number of rotatable bonds is 4. The van der Waals surface area contributed by atoms with Crippen molar-refractivity contribution < 1.29 is 19.4 Å². The molecule has 0 heterocycles. The van der Waals surface area contributed by atoms with E-state index in [2.05, 4.69) is 5.32 Å². The molecule has 0 spiro atoms. The minimum Gasteiger partial charge on any atom is -0.481 e. The molecule has 1 aromatic rings. The highest BCUT2D eigenvalue weighted by atomic mass is 16.5. The highest BCUT2D eigenvalue weighted by molar-refractivity contribution is 5.76. The van der Waals surface area contributed by atoms with Crippen LogP contribution in [0.4, 0.5) is 4.79 Å². The minimum atomic E-state index is -0.872. The molecule has 1 amide bonds. The van der Waals surface area contributed by atoms with Crippen LogP contribution in [0.15, 0.2) is 42.5 Å². The van der Waals surface area contributed by atoms with Crippen molar-refractivity contribution in [1.82, 2.24) is 5.32 Å². The third kappa shape index (κ3) is 2.58. The summed E-state index contributed by atoms with van der Waals surface area (Å²) in [6.07, 6.45) is 4.16. The van der Waals surface area contributed by atoms with E-state index in [1.54, 1.807) is 0 Å². The summed E-state index contributed by atoms with van der Waals surface area (Å²) in [7, 11) is 0. The molecular weight excluding hydrogens is 282 g/mol. The molecule has 2 aliphatic rings. The fourth-order valence-electron chi connectivity index (χ4n) is 3.65. The first-order valence-electron chi connectivity index (χ1n) is 7.39. The Kier molecular flexibility index (Phi) is 3.64. The van der Waals surface area contributed by atoms with Crippen molar-refractivity contribution in [3.8, 4) is 0 Å². The molecular formula is C17H19NO4. The summed E-state index contributed by atoms with van der Waals surface area (Å²) in [6.45, 7) is 2.11. The highest BCUT2D eigenvalue weighted by Gasteiger charge is 2.56. The molecule has 0 radical (unpaired) electrons. The van der Waals surface area contributed by atoms with Gasteiger partial charge in [-0.1, -0.05) is 49.4 Å². The molecule has 116 valence electrons. The number of amides is 1. The predicted octanol–water partition coefficient (Wildman–Crippen LogP) is 2.58. The van der Waals surface area contributed by atoms with Crippen molar-refractivity contribution >= 4 is 12.1 Å². The minimum absolute atomic E-state index is 0.0652. The number of hydrogen-bond acceptors (Lipinski definition) is 3. The van der Waals surface area contributed by atoms with Gasteiger partial charge in [-0.3, -0.25) is 4.79 Å². The molecule has 5 nitrogen and oxygen atoms in total.